The predicted molar refractivity (Wildman–Crippen MR) is 101 cm³/mol. The number of rotatable bonds is 8. The second-order valence-corrected chi connectivity index (χ2v) is 5.71. The van der Waals surface area contributed by atoms with Crippen LogP contribution in [0.3, 0.4) is 0 Å². The summed E-state index contributed by atoms with van der Waals surface area (Å²) in [4.78, 5) is 28.3. The molecule has 2 rings (SSSR count). The molecule has 0 aliphatic heterocycles. The van der Waals surface area contributed by atoms with Crippen molar-refractivity contribution in [1.82, 2.24) is 0 Å². The number of carbonyl (C=O) groups excluding carboxylic acids is 2. The lowest BCUT2D eigenvalue weighted by Gasteiger charge is -2.09. The Labute approximate surface area is 152 Å². The number of hydrogen-bond acceptors (Lipinski definition) is 5. The van der Waals surface area contributed by atoms with Crippen molar-refractivity contribution in [3.63, 3.8) is 0 Å². The molecule has 0 fully saturated rings. The Morgan fingerprint density at radius 3 is 2.62 bits per heavy atom. The Kier molecular flexibility index (Phi) is 6.91. The molecule has 0 spiro atoms. The zero-order valence-electron chi connectivity index (χ0n) is 15.1. The minimum Gasteiger partial charge on any atom is -0.489 e. The number of oxime groups is 1. The summed E-state index contributed by atoms with van der Waals surface area (Å²) in [6, 6.07) is 12.7. The van der Waals surface area contributed by atoms with E-state index >= 15 is 0 Å². The fourth-order valence-electron chi connectivity index (χ4n) is 2.26. The van der Waals surface area contributed by atoms with Gasteiger partial charge in [-0.1, -0.05) is 29.4 Å². The molecule has 0 bridgehead atoms. The van der Waals surface area contributed by atoms with Gasteiger partial charge in [0.05, 0.1) is 5.56 Å². The monoisotopic (exact) mass is 354 g/mol. The number of para-hydroxylation sites is 1. The number of amides is 1. The lowest BCUT2D eigenvalue weighted by Crippen LogP contribution is -2.14. The summed E-state index contributed by atoms with van der Waals surface area (Å²) in [6.45, 7) is 5.76. The van der Waals surface area contributed by atoms with Gasteiger partial charge in [0.2, 0.25) is 0 Å². The lowest BCUT2D eigenvalue weighted by atomic mass is 10.1. The smallest absolute Gasteiger partial charge is 0.270 e. The summed E-state index contributed by atoms with van der Waals surface area (Å²) < 4.78 is 5.51. The fraction of sp³-hybridized carbons (Fsp3) is 0.250. The van der Waals surface area contributed by atoms with Crippen LogP contribution in [-0.4, -0.2) is 31.1 Å². The van der Waals surface area contributed by atoms with Crippen molar-refractivity contribution in [2.24, 2.45) is 5.16 Å². The maximum atomic E-state index is 11.8. The number of nitrogens with zero attached hydrogens (tertiary/aromatic N) is 1. The van der Waals surface area contributed by atoms with Crippen molar-refractivity contribution >= 4 is 23.6 Å². The topological polar surface area (TPSA) is 77.0 Å². The molecule has 0 atom stereocenters. The van der Waals surface area contributed by atoms with Crippen LogP contribution >= 0.6 is 0 Å². The molecule has 0 saturated carbocycles. The van der Waals surface area contributed by atoms with Gasteiger partial charge in [0.25, 0.3) is 5.91 Å². The minimum atomic E-state index is -0.374. The predicted octanol–water partition coefficient (Wildman–Crippen LogP) is 3.53. The first-order valence-corrected chi connectivity index (χ1v) is 8.24. The quantitative estimate of drug-likeness (QED) is 0.340. The van der Waals surface area contributed by atoms with Crippen LogP contribution in [0.4, 0.5) is 5.69 Å². The van der Waals surface area contributed by atoms with Gasteiger partial charge in [-0.3, -0.25) is 9.59 Å². The zero-order valence-corrected chi connectivity index (χ0v) is 15.1. The van der Waals surface area contributed by atoms with E-state index in [1.165, 1.54) is 6.92 Å². The second kappa shape index (κ2) is 9.36. The van der Waals surface area contributed by atoms with Crippen molar-refractivity contribution in [2.45, 2.75) is 20.8 Å². The summed E-state index contributed by atoms with van der Waals surface area (Å²) in [7, 11) is 0. The van der Waals surface area contributed by atoms with Crippen molar-refractivity contribution in [3.05, 3.63) is 59.2 Å². The van der Waals surface area contributed by atoms with Gasteiger partial charge in [0, 0.05) is 5.69 Å². The Morgan fingerprint density at radius 1 is 1.08 bits per heavy atom. The number of hydrogen-bond donors (Lipinski definition) is 1. The highest BCUT2D eigenvalue weighted by atomic mass is 16.6. The van der Waals surface area contributed by atoms with Crippen molar-refractivity contribution in [3.8, 4) is 5.75 Å². The first-order valence-electron chi connectivity index (χ1n) is 8.24. The number of benzene rings is 2. The normalized spacial score (nSPS) is 10.6. The van der Waals surface area contributed by atoms with Crippen LogP contribution in [0.5, 0.6) is 5.75 Å². The second-order valence-electron chi connectivity index (χ2n) is 5.71. The molecule has 0 heterocycles. The van der Waals surface area contributed by atoms with Crippen molar-refractivity contribution in [1.29, 1.82) is 0 Å². The highest BCUT2D eigenvalue weighted by Crippen LogP contribution is 2.18. The molecule has 0 saturated heterocycles. The van der Waals surface area contributed by atoms with E-state index in [1.54, 1.807) is 24.3 Å². The molecule has 0 aliphatic rings. The number of aryl methyl sites for hydroxylation is 1. The van der Waals surface area contributed by atoms with Gasteiger partial charge in [-0.2, -0.15) is 0 Å². The average Bonchev–Trinajstić information content (AvgIpc) is 2.62. The summed E-state index contributed by atoms with van der Waals surface area (Å²) in [5, 5.41) is 6.38. The van der Waals surface area contributed by atoms with Gasteiger partial charge < -0.3 is 14.9 Å². The molecule has 26 heavy (non-hydrogen) atoms. The van der Waals surface area contributed by atoms with Crippen LogP contribution in [0.2, 0.25) is 0 Å². The van der Waals surface area contributed by atoms with Crippen LogP contribution < -0.4 is 10.1 Å². The maximum absolute atomic E-state index is 11.8. The van der Waals surface area contributed by atoms with Gasteiger partial charge in [-0.25, -0.2) is 0 Å². The Bertz CT molecular complexity index is 815. The Morgan fingerprint density at radius 2 is 1.85 bits per heavy atom. The summed E-state index contributed by atoms with van der Waals surface area (Å²) >= 11 is 0. The maximum Gasteiger partial charge on any atom is 0.270 e. The molecule has 1 N–H and O–H groups in total. The first kappa shape index (κ1) is 19.2. The SMILES string of the molecule is CC(=O)c1ccccc1OCCO/N=C/C(=O)Nc1cccc(C)c1C. The van der Waals surface area contributed by atoms with Gasteiger partial charge in [0.15, 0.2) is 12.4 Å². The van der Waals surface area contributed by atoms with E-state index in [2.05, 4.69) is 10.5 Å². The van der Waals surface area contributed by atoms with Crippen LogP contribution in [-0.2, 0) is 9.63 Å². The van der Waals surface area contributed by atoms with Gasteiger partial charge >= 0.3 is 0 Å². The number of ketones is 1. The average molecular weight is 354 g/mol. The van der Waals surface area contributed by atoms with Crippen LogP contribution in [0.1, 0.15) is 28.4 Å². The van der Waals surface area contributed by atoms with Crippen molar-refractivity contribution < 1.29 is 19.2 Å². The van der Waals surface area contributed by atoms with E-state index in [0.717, 1.165) is 23.0 Å². The standard InChI is InChI=1S/C20H22N2O4/c1-14-7-6-9-18(15(14)2)22-20(24)13-21-26-12-11-25-19-10-5-4-8-17(19)16(3)23/h4-10,13H,11-12H2,1-3H3,(H,22,24)/b21-13+. The molecule has 0 aliphatic carbocycles. The highest BCUT2D eigenvalue weighted by molar-refractivity contribution is 6.31. The molecular formula is C20H22N2O4. The molecule has 2 aromatic carbocycles. The summed E-state index contributed by atoms with van der Waals surface area (Å²) in [5.74, 6) is 0.0597. The summed E-state index contributed by atoms with van der Waals surface area (Å²) in [5.41, 5.74) is 3.36. The fourth-order valence-corrected chi connectivity index (χ4v) is 2.26. The third kappa shape index (κ3) is 5.44. The number of ether oxygens (including phenoxy) is 1. The molecule has 0 unspecified atom stereocenters. The lowest BCUT2D eigenvalue weighted by molar-refractivity contribution is -0.110. The molecule has 2 aromatic rings. The number of Topliss-reactive ketones (excluding diaryl/α,β-unsaturated/α-hetero) is 1. The van der Waals surface area contributed by atoms with Crippen molar-refractivity contribution in [2.75, 3.05) is 18.5 Å². The van der Waals surface area contributed by atoms with Gasteiger partial charge in [-0.15, -0.1) is 0 Å². The van der Waals surface area contributed by atoms with E-state index in [4.69, 9.17) is 9.57 Å². The number of nitrogens with one attached hydrogen (secondary N) is 1. The van der Waals surface area contributed by atoms with Gasteiger partial charge in [0.1, 0.15) is 18.6 Å². The van der Waals surface area contributed by atoms with Crippen LogP contribution in [0.25, 0.3) is 0 Å². The molecule has 0 aromatic heterocycles. The molecule has 6 nitrogen and oxygen atoms in total. The van der Waals surface area contributed by atoms with Crippen LogP contribution in [0, 0.1) is 13.8 Å². The molecule has 6 heteroatoms. The van der Waals surface area contributed by atoms with Crippen LogP contribution in [0.15, 0.2) is 47.6 Å². The van der Waals surface area contributed by atoms with E-state index in [0.29, 0.717) is 11.3 Å². The molecular weight excluding hydrogens is 332 g/mol. The molecule has 136 valence electrons. The Balaban J connectivity index is 1.75. The Hall–Kier alpha value is -3.15. The van der Waals surface area contributed by atoms with E-state index in [-0.39, 0.29) is 24.9 Å². The first-order chi connectivity index (χ1) is 12.5. The van der Waals surface area contributed by atoms with Gasteiger partial charge in [-0.05, 0) is 50.1 Å². The zero-order chi connectivity index (χ0) is 18.9. The largest absolute Gasteiger partial charge is 0.489 e. The molecule has 1 amide bonds. The van der Waals surface area contributed by atoms with E-state index < -0.39 is 0 Å². The number of carbonyl (C=O) groups is 2. The third-order valence-electron chi connectivity index (χ3n) is 3.81. The minimum absolute atomic E-state index is 0.0670. The van der Waals surface area contributed by atoms with E-state index in [9.17, 15) is 9.59 Å². The molecule has 0 radical (unpaired) electrons. The number of anilines is 1. The summed E-state index contributed by atoms with van der Waals surface area (Å²) in [6.07, 6.45) is 1.07. The third-order valence-corrected chi connectivity index (χ3v) is 3.81. The van der Waals surface area contributed by atoms with E-state index in [1.807, 2.05) is 32.0 Å². The highest BCUT2D eigenvalue weighted by Gasteiger charge is 2.07.